The second-order valence-corrected chi connectivity index (χ2v) is 8.44. The van der Waals surface area contributed by atoms with Gasteiger partial charge in [-0.05, 0) is 31.0 Å². The largest absolute Gasteiger partial charge is 0.482 e. The summed E-state index contributed by atoms with van der Waals surface area (Å²) in [5, 5.41) is 0.478. The molecular formula is C14H17Cl2NO4S. The van der Waals surface area contributed by atoms with Gasteiger partial charge >= 0.3 is 0 Å². The number of ether oxygens (including phenoxy) is 1. The molecule has 1 aromatic rings. The minimum absolute atomic E-state index is 0.134. The number of nitrogens with zero attached hydrogens (tertiary/aromatic N) is 1. The first-order valence-corrected chi connectivity index (χ1v) is 9.53. The zero-order valence-electron chi connectivity index (χ0n) is 12.1. The first-order valence-electron chi connectivity index (χ1n) is 6.82. The molecule has 1 saturated heterocycles. The second kappa shape index (κ2) is 7.06. The molecule has 0 saturated carbocycles. The van der Waals surface area contributed by atoms with E-state index in [0.29, 0.717) is 41.7 Å². The molecule has 0 radical (unpaired) electrons. The highest BCUT2D eigenvalue weighted by molar-refractivity contribution is 7.91. The fourth-order valence-corrected chi connectivity index (χ4v) is 3.89. The first kappa shape index (κ1) is 17.4. The van der Waals surface area contributed by atoms with Crippen LogP contribution in [-0.2, 0) is 14.6 Å². The second-order valence-electron chi connectivity index (χ2n) is 5.27. The predicted octanol–water partition coefficient (Wildman–Crippen LogP) is 2.41. The molecule has 0 aromatic heterocycles. The average Bonchev–Trinajstić information content (AvgIpc) is 2.45. The Balaban J connectivity index is 1.86. The van der Waals surface area contributed by atoms with Crippen LogP contribution in [0.2, 0.25) is 10.0 Å². The molecule has 1 fully saturated rings. The number of carbonyl (C=O) groups excluding carboxylic acids is 1. The zero-order valence-corrected chi connectivity index (χ0v) is 14.4. The summed E-state index contributed by atoms with van der Waals surface area (Å²) in [6, 6.07) is 4.78. The quantitative estimate of drug-likeness (QED) is 0.821. The van der Waals surface area contributed by atoms with E-state index >= 15 is 0 Å². The van der Waals surface area contributed by atoms with Gasteiger partial charge in [-0.15, -0.1) is 0 Å². The van der Waals surface area contributed by atoms with Gasteiger partial charge in [-0.25, -0.2) is 8.42 Å². The number of sulfone groups is 1. The fraction of sp³-hybridized carbons (Fsp3) is 0.500. The van der Waals surface area contributed by atoms with Crippen molar-refractivity contribution in [1.82, 2.24) is 4.90 Å². The van der Waals surface area contributed by atoms with E-state index in [1.807, 2.05) is 0 Å². The minimum atomic E-state index is -3.04. The van der Waals surface area contributed by atoms with Crippen LogP contribution in [0.4, 0.5) is 0 Å². The lowest BCUT2D eigenvalue weighted by molar-refractivity contribution is -0.134. The number of piperidine rings is 1. The summed E-state index contributed by atoms with van der Waals surface area (Å²) in [4.78, 5) is 13.7. The summed E-state index contributed by atoms with van der Waals surface area (Å²) in [5.41, 5.74) is 0. The topological polar surface area (TPSA) is 63.7 Å². The van der Waals surface area contributed by atoms with Crippen LogP contribution in [0, 0.1) is 0 Å². The van der Waals surface area contributed by atoms with E-state index in [1.165, 1.54) is 6.26 Å². The Morgan fingerprint density at radius 1 is 1.32 bits per heavy atom. The van der Waals surface area contributed by atoms with Gasteiger partial charge in [-0.3, -0.25) is 4.79 Å². The van der Waals surface area contributed by atoms with Crippen molar-refractivity contribution in [2.24, 2.45) is 0 Å². The summed E-state index contributed by atoms with van der Waals surface area (Å²) >= 11 is 11.8. The molecule has 2 rings (SSSR count). The first-order chi connectivity index (χ1) is 10.3. The SMILES string of the molecule is CS(=O)(=O)C1CCN(C(=O)COc2ccc(Cl)cc2Cl)CC1. The molecule has 0 aliphatic carbocycles. The van der Waals surface area contributed by atoms with E-state index in [2.05, 4.69) is 0 Å². The van der Waals surface area contributed by atoms with E-state index in [-0.39, 0.29) is 17.8 Å². The lowest BCUT2D eigenvalue weighted by Gasteiger charge is -2.31. The van der Waals surface area contributed by atoms with Gasteiger partial charge < -0.3 is 9.64 Å². The summed E-state index contributed by atoms with van der Waals surface area (Å²) in [6.45, 7) is 0.716. The van der Waals surface area contributed by atoms with Crippen LogP contribution in [0.5, 0.6) is 5.75 Å². The van der Waals surface area contributed by atoms with Crippen molar-refractivity contribution in [3.63, 3.8) is 0 Å². The van der Waals surface area contributed by atoms with Gasteiger partial charge in [0.15, 0.2) is 6.61 Å². The van der Waals surface area contributed by atoms with Gasteiger partial charge in [-0.1, -0.05) is 23.2 Å². The third-order valence-electron chi connectivity index (χ3n) is 3.65. The van der Waals surface area contributed by atoms with Gasteiger partial charge in [0, 0.05) is 24.4 Å². The van der Waals surface area contributed by atoms with Crippen molar-refractivity contribution in [1.29, 1.82) is 0 Å². The van der Waals surface area contributed by atoms with Crippen LogP contribution in [0.1, 0.15) is 12.8 Å². The summed E-state index contributed by atoms with van der Waals surface area (Å²) in [5.74, 6) is 0.211. The molecule has 1 aliphatic heterocycles. The minimum Gasteiger partial charge on any atom is -0.482 e. The van der Waals surface area contributed by atoms with E-state index in [9.17, 15) is 13.2 Å². The number of hydrogen-bond donors (Lipinski definition) is 0. The highest BCUT2D eigenvalue weighted by atomic mass is 35.5. The molecule has 1 amide bonds. The Hall–Kier alpha value is -0.980. The molecule has 5 nitrogen and oxygen atoms in total. The van der Waals surface area contributed by atoms with Crippen LogP contribution in [0.15, 0.2) is 18.2 Å². The van der Waals surface area contributed by atoms with Gasteiger partial charge in [0.2, 0.25) is 0 Å². The monoisotopic (exact) mass is 365 g/mol. The normalized spacial score (nSPS) is 16.6. The highest BCUT2D eigenvalue weighted by Gasteiger charge is 2.28. The Morgan fingerprint density at radius 2 is 1.95 bits per heavy atom. The van der Waals surface area contributed by atoms with E-state index in [4.69, 9.17) is 27.9 Å². The molecule has 1 aliphatic rings. The van der Waals surface area contributed by atoms with Gasteiger partial charge in [0.1, 0.15) is 15.6 Å². The number of likely N-dealkylation sites (tertiary alicyclic amines) is 1. The zero-order chi connectivity index (χ0) is 16.3. The number of amides is 1. The van der Waals surface area contributed by atoms with Gasteiger partial charge in [-0.2, -0.15) is 0 Å². The number of halogens is 2. The molecule has 122 valence electrons. The molecule has 0 bridgehead atoms. The standard InChI is InChI=1S/C14H17Cl2NO4S/c1-22(19,20)11-4-6-17(7-5-11)14(18)9-21-13-3-2-10(15)8-12(13)16/h2-3,8,11H,4-7,9H2,1H3. The Labute approximate surface area is 140 Å². The van der Waals surface area contributed by atoms with Crippen molar-refractivity contribution in [2.75, 3.05) is 26.0 Å². The maximum atomic E-state index is 12.1. The van der Waals surface area contributed by atoms with Gasteiger partial charge in [0.05, 0.1) is 10.3 Å². The Bertz CT molecular complexity index is 655. The smallest absolute Gasteiger partial charge is 0.260 e. The maximum Gasteiger partial charge on any atom is 0.260 e. The summed E-state index contributed by atoms with van der Waals surface area (Å²) in [7, 11) is -3.04. The third-order valence-corrected chi connectivity index (χ3v) is 5.86. The lowest BCUT2D eigenvalue weighted by atomic mass is 10.1. The predicted molar refractivity (Wildman–Crippen MR) is 86.4 cm³/mol. The van der Waals surface area contributed by atoms with Crippen LogP contribution in [-0.4, -0.2) is 50.4 Å². The lowest BCUT2D eigenvalue weighted by Crippen LogP contribution is -2.44. The number of hydrogen-bond acceptors (Lipinski definition) is 4. The van der Waals surface area contributed by atoms with Crippen LogP contribution >= 0.6 is 23.2 Å². The molecule has 1 aromatic carbocycles. The Morgan fingerprint density at radius 3 is 2.50 bits per heavy atom. The molecule has 0 N–H and O–H groups in total. The molecule has 0 atom stereocenters. The fourth-order valence-electron chi connectivity index (χ4n) is 2.36. The molecule has 1 heterocycles. The van der Waals surface area contributed by atoms with Crippen molar-refractivity contribution in [3.8, 4) is 5.75 Å². The van der Waals surface area contributed by atoms with Crippen molar-refractivity contribution in [2.45, 2.75) is 18.1 Å². The molecule has 0 unspecified atom stereocenters. The number of rotatable bonds is 4. The van der Waals surface area contributed by atoms with Crippen LogP contribution in [0.3, 0.4) is 0 Å². The summed E-state index contributed by atoms with van der Waals surface area (Å²) < 4.78 is 28.4. The van der Waals surface area contributed by atoms with Gasteiger partial charge in [0.25, 0.3) is 5.91 Å². The van der Waals surface area contributed by atoms with Crippen LogP contribution < -0.4 is 4.74 Å². The van der Waals surface area contributed by atoms with E-state index in [0.717, 1.165) is 0 Å². The molecule has 0 spiro atoms. The highest BCUT2D eigenvalue weighted by Crippen LogP contribution is 2.27. The average molecular weight is 366 g/mol. The third kappa shape index (κ3) is 4.51. The van der Waals surface area contributed by atoms with Crippen molar-refractivity contribution < 1.29 is 17.9 Å². The number of benzene rings is 1. The van der Waals surface area contributed by atoms with Crippen LogP contribution in [0.25, 0.3) is 0 Å². The van der Waals surface area contributed by atoms with E-state index < -0.39 is 9.84 Å². The van der Waals surface area contributed by atoms with E-state index in [1.54, 1.807) is 23.1 Å². The Kier molecular flexibility index (Phi) is 5.58. The number of carbonyl (C=O) groups is 1. The summed E-state index contributed by atoms with van der Waals surface area (Å²) in [6.07, 6.45) is 2.17. The van der Waals surface area contributed by atoms with Crippen molar-refractivity contribution >= 4 is 38.9 Å². The molecular weight excluding hydrogens is 349 g/mol. The van der Waals surface area contributed by atoms with Crippen molar-refractivity contribution in [3.05, 3.63) is 28.2 Å². The molecule has 8 heteroatoms. The maximum absolute atomic E-state index is 12.1. The molecule has 22 heavy (non-hydrogen) atoms.